The van der Waals surface area contributed by atoms with Crippen molar-refractivity contribution in [1.82, 2.24) is 0 Å². The quantitative estimate of drug-likeness (QED) is 0.185. The zero-order chi connectivity index (χ0) is 24.0. The number of rotatable bonds is 4. The molecule has 0 aromatic heterocycles. The molecule has 0 heterocycles. The van der Waals surface area contributed by atoms with Gasteiger partial charge >= 0.3 is 194 Å². The van der Waals surface area contributed by atoms with Crippen molar-refractivity contribution in [2.45, 2.75) is 85.2 Å². The maximum absolute atomic E-state index is 13.4. The Balaban J connectivity index is 0.00000512. The molecule has 0 bridgehead atoms. The van der Waals surface area contributed by atoms with Gasteiger partial charge in [-0.1, -0.05) is 7.43 Å². The second-order valence-corrected chi connectivity index (χ2v) is 30.0. The standard InChI is InChI=1S/C12H10N.C12H27P.CH4.HO3S.Pd/c13-12-9-5-4-8-11(12)10-6-2-1-3-7-10;1-10(2,3)13(11(4,5)6)12(7,8)9;;1-4(2)3;/h1-6,8-9H,13H2;1-9H3;1H4;(H,1,2,3);/q;;;;-1/p+1. The van der Waals surface area contributed by atoms with Gasteiger partial charge in [-0.15, -0.1) is 0 Å². The van der Waals surface area contributed by atoms with Crippen LogP contribution in [0.25, 0.3) is 11.1 Å². The fraction of sp³-hybridized carbons (Fsp3) is 0.520. The van der Waals surface area contributed by atoms with Crippen molar-refractivity contribution < 1.29 is 28.0 Å². The van der Waals surface area contributed by atoms with E-state index < -0.39 is 28.4 Å². The first-order chi connectivity index (χ1) is 13.9. The molecule has 0 aliphatic rings. The van der Waals surface area contributed by atoms with Crippen LogP contribution in [0.5, 0.6) is 0 Å². The molecule has 4 nitrogen and oxygen atoms in total. The molecule has 7 heteroatoms. The van der Waals surface area contributed by atoms with Crippen molar-refractivity contribution in [3.05, 3.63) is 48.5 Å². The predicted octanol–water partition coefficient (Wildman–Crippen LogP) is 6.68. The van der Waals surface area contributed by atoms with Crippen LogP contribution in [0.1, 0.15) is 69.7 Å². The van der Waals surface area contributed by atoms with Gasteiger partial charge in [0.15, 0.2) is 0 Å². The number of nitrogens with two attached hydrogens (primary N) is 1. The van der Waals surface area contributed by atoms with Crippen molar-refractivity contribution >= 4 is 23.1 Å². The fourth-order valence-corrected chi connectivity index (χ4v) is 46.4. The SMILES string of the molecule is C.CC(C)(C)[PH]([Pd]([c]1ccccc1-c1ccccc1N)[S](=O)(=O)O)(C(C)(C)C)C(C)(C)C. The molecule has 0 radical (unpaired) electrons. The van der Waals surface area contributed by atoms with E-state index in [2.05, 4.69) is 62.3 Å². The summed E-state index contributed by atoms with van der Waals surface area (Å²) in [6, 6.07) is 15.2. The minimum absolute atomic E-state index is 0. The summed E-state index contributed by atoms with van der Waals surface area (Å²) in [5.41, 5.74) is 5.69. The van der Waals surface area contributed by atoms with Crippen LogP contribution in [-0.4, -0.2) is 28.4 Å². The van der Waals surface area contributed by atoms with E-state index in [0.717, 1.165) is 15.2 Å². The molecule has 2 aromatic carbocycles. The topological polar surface area (TPSA) is 80.4 Å². The first-order valence-corrected chi connectivity index (χ1v) is 18.5. The molecule has 0 amide bonds. The molecule has 0 fully saturated rings. The van der Waals surface area contributed by atoms with Crippen LogP contribution in [0.4, 0.5) is 5.69 Å². The molecule has 2 aromatic rings. The van der Waals surface area contributed by atoms with Crippen LogP contribution in [0.15, 0.2) is 48.5 Å². The number of anilines is 1. The Morgan fingerprint density at radius 1 is 0.750 bits per heavy atom. The van der Waals surface area contributed by atoms with Crippen LogP contribution < -0.4 is 9.77 Å². The van der Waals surface area contributed by atoms with Gasteiger partial charge in [-0.25, -0.2) is 0 Å². The number of hydrogen-bond donors (Lipinski definition) is 2. The summed E-state index contributed by atoms with van der Waals surface area (Å²) >= 11 is -2.70. The first-order valence-electron chi connectivity index (χ1n) is 10.4. The zero-order valence-electron chi connectivity index (χ0n) is 20.2. The van der Waals surface area contributed by atoms with E-state index in [0.29, 0.717) is 5.69 Å². The molecule has 0 unspecified atom stereocenters. The predicted molar refractivity (Wildman–Crippen MR) is 142 cm³/mol. The van der Waals surface area contributed by atoms with Gasteiger partial charge in [-0.2, -0.15) is 0 Å². The summed E-state index contributed by atoms with van der Waals surface area (Å²) in [7, 11) is -4.33. The van der Waals surface area contributed by atoms with E-state index in [1.54, 1.807) is 0 Å². The van der Waals surface area contributed by atoms with Gasteiger partial charge in [-0.3, -0.25) is 0 Å². The number of nitrogen functional groups attached to an aromatic ring is 1. The van der Waals surface area contributed by atoms with Gasteiger partial charge in [0.2, 0.25) is 0 Å². The Kier molecular flexibility index (Phi) is 8.67. The van der Waals surface area contributed by atoms with Crippen LogP contribution in [0.3, 0.4) is 0 Å². The van der Waals surface area contributed by atoms with E-state index >= 15 is 0 Å². The van der Waals surface area contributed by atoms with Gasteiger partial charge in [0.1, 0.15) is 0 Å². The molecule has 2 rings (SSSR count). The average Bonchev–Trinajstić information content (AvgIpc) is 2.55. The van der Waals surface area contributed by atoms with Crippen molar-refractivity contribution in [2.75, 3.05) is 5.73 Å². The zero-order valence-corrected chi connectivity index (χ0v) is 23.6. The fourth-order valence-electron chi connectivity index (χ4n) is 5.89. The van der Waals surface area contributed by atoms with E-state index in [4.69, 9.17) is 5.73 Å². The second kappa shape index (κ2) is 9.48. The van der Waals surface area contributed by atoms with E-state index in [-0.39, 0.29) is 22.9 Å². The molecule has 3 N–H and O–H groups in total. The van der Waals surface area contributed by atoms with Crippen LogP contribution in [-0.2, 0) is 22.9 Å². The molecule has 32 heavy (non-hydrogen) atoms. The first kappa shape index (κ1) is 29.3. The maximum atomic E-state index is 13.4. The Morgan fingerprint density at radius 3 is 1.50 bits per heavy atom. The Hall–Kier alpha value is -0.758. The summed E-state index contributed by atoms with van der Waals surface area (Å²) in [6.45, 7) is 19.5. The molecule has 0 saturated heterocycles. The average molecular weight is 575 g/mol. The van der Waals surface area contributed by atoms with Gasteiger partial charge in [-0.05, 0) is 0 Å². The van der Waals surface area contributed by atoms with Crippen molar-refractivity contribution in [2.24, 2.45) is 0 Å². The van der Waals surface area contributed by atoms with Crippen LogP contribution >= 0.6 is 5.45 Å². The Labute approximate surface area is 201 Å². The third-order valence-corrected chi connectivity index (χ3v) is 38.0. The molecule has 0 spiro atoms. The van der Waals surface area contributed by atoms with Crippen molar-refractivity contribution in [3.8, 4) is 11.1 Å². The molecule has 0 aliphatic carbocycles. The molecule has 0 aliphatic heterocycles. The number of benzene rings is 2. The van der Waals surface area contributed by atoms with Gasteiger partial charge in [0.05, 0.1) is 0 Å². The minimum atomic E-state index is -4.33. The molecule has 0 saturated carbocycles. The third-order valence-electron chi connectivity index (χ3n) is 5.59. The summed E-state index contributed by atoms with van der Waals surface area (Å²) in [6.07, 6.45) is 0. The monoisotopic (exact) mass is 574 g/mol. The van der Waals surface area contributed by atoms with Crippen molar-refractivity contribution in [3.63, 3.8) is 0 Å². The normalized spacial score (nSPS) is 14.5. The van der Waals surface area contributed by atoms with Gasteiger partial charge in [0.25, 0.3) is 0 Å². The Morgan fingerprint density at radius 2 is 1.12 bits per heavy atom. The molecule has 187 valence electrons. The van der Waals surface area contributed by atoms with E-state index in [1.807, 2.05) is 48.5 Å². The van der Waals surface area contributed by atoms with E-state index in [9.17, 15) is 13.0 Å². The summed E-state index contributed by atoms with van der Waals surface area (Å²) in [4.78, 5) is 0. The second-order valence-electron chi connectivity index (χ2n) is 11.0. The molecular weight excluding hydrogens is 532 g/mol. The van der Waals surface area contributed by atoms with E-state index in [1.165, 1.54) is 0 Å². The Bertz CT molecular complexity index is 1010. The van der Waals surface area contributed by atoms with Gasteiger partial charge < -0.3 is 0 Å². The summed E-state index contributed by atoms with van der Waals surface area (Å²) in [5.74, 6) is 0. The van der Waals surface area contributed by atoms with Crippen molar-refractivity contribution in [1.29, 1.82) is 0 Å². The molecular formula is C25H43NO3PPdS. The summed E-state index contributed by atoms with van der Waals surface area (Å²) in [5, 5.41) is -0.846. The van der Waals surface area contributed by atoms with Gasteiger partial charge in [0, 0.05) is 0 Å². The van der Waals surface area contributed by atoms with Crippen LogP contribution in [0.2, 0.25) is 0 Å². The number of para-hydroxylation sites is 1. The molecule has 0 atom stereocenters. The van der Waals surface area contributed by atoms with Crippen LogP contribution in [0, 0.1) is 0 Å². The summed E-state index contributed by atoms with van der Waals surface area (Å²) < 4.78 is 38.5. The third kappa shape index (κ3) is 5.01. The number of hydrogen-bond acceptors (Lipinski definition) is 3.